The molecule has 3 aromatic carbocycles. The first kappa shape index (κ1) is 32.1. The Bertz CT molecular complexity index is 1970. The molecule has 10 nitrogen and oxygen atoms in total. The van der Waals surface area contributed by atoms with Crippen LogP contribution in [0.4, 0.5) is 5.13 Å². The molecule has 1 atom stereocenters. The number of thioether (sulfide) groups is 1. The van der Waals surface area contributed by atoms with Crippen LogP contribution in [-0.4, -0.2) is 47.8 Å². The number of methoxy groups -OCH3 is 2. The molecule has 1 N–H and O–H groups in total. The molecule has 242 valence electrons. The van der Waals surface area contributed by atoms with Crippen molar-refractivity contribution in [2.45, 2.75) is 42.8 Å². The number of hydrogen-bond donors (Lipinski definition) is 1. The average molecular weight is 672 g/mol. The van der Waals surface area contributed by atoms with Crippen molar-refractivity contribution in [3.05, 3.63) is 101 Å². The first-order chi connectivity index (χ1) is 22.8. The number of aliphatic hydroxyl groups is 1. The standard InChI is InChI=1S/C35H33N3O7S2/c1-5-6-16-44-24-15-14-22(17-26(24)43-4)29-28(30(39)27-18-23-8-7-9-25(42-3)32(23)45-27)31(40)33(41)38(29)34-36-37-35(47-34)46-19-21-12-10-20(2)11-13-21/h7-15,17-18,29,40H,5-6,16,19H2,1-4H3. The van der Waals surface area contributed by atoms with E-state index in [1.54, 1.807) is 42.5 Å². The van der Waals surface area contributed by atoms with Crippen molar-refractivity contribution >= 4 is 50.9 Å². The number of para-hydroxylation sites is 1. The summed E-state index contributed by atoms with van der Waals surface area (Å²) >= 11 is 2.69. The maximum atomic E-state index is 14.2. The highest BCUT2D eigenvalue weighted by molar-refractivity contribution is 8.00. The Morgan fingerprint density at radius 3 is 2.55 bits per heavy atom. The number of aryl methyl sites for hydroxylation is 1. The van der Waals surface area contributed by atoms with Gasteiger partial charge in [0.05, 0.1) is 32.4 Å². The van der Waals surface area contributed by atoms with Crippen LogP contribution in [0.15, 0.2) is 86.8 Å². The van der Waals surface area contributed by atoms with E-state index in [1.807, 2.05) is 19.1 Å². The summed E-state index contributed by atoms with van der Waals surface area (Å²) in [6.07, 6.45) is 1.84. The van der Waals surface area contributed by atoms with E-state index in [2.05, 4.69) is 29.3 Å². The molecule has 6 rings (SSSR count). The second kappa shape index (κ2) is 13.9. The number of hydrogen-bond acceptors (Lipinski definition) is 11. The van der Waals surface area contributed by atoms with Crippen LogP contribution in [0, 0.1) is 6.92 Å². The van der Waals surface area contributed by atoms with Crippen molar-refractivity contribution in [1.82, 2.24) is 10.2 Å². The van der Waals surface area contributed by atoms with Gasteiger partial charge in [-0.2, -0.15) is 0 Å². The van der Waals surface area contributed by atoms with Crippen molar-refractivity contribution in [3.8, 4) is 17.2 Å². The Hall–Kier alpha value is -4.81. The molecule has 12 heteroatoms. The summed E-state index contributed by atoms with van der Waals surface area (Å²) < 4.78 is 23.6. The molecule has 0 radical (unpaired) electrons. The van der Waals surface area contributed by atoms with Crippen LogP contribution in [0.5, 0.6) is 17.2 Å². The van der Waals surface area contributed by atoms with Crippen LogP contribution in [0.25, 0.3) is 11.0 Å². The largest absolute Gasteiger partial charge is 0.503 e. The zero-order valence-electron chi connectivity index (χ0n) is 26.3. The molecule has 1 aliphatic rings. The molecule has 0 saturated heterocycles. The third kappa shape index (κ3) is 6.43. The van der Waals surface area contributed by atoms with E-state index in [0.29, 0.717) is 50.5 Å². The van der Waals surface area contributed by atoms with Gasteiger partial charge in [0.15, 0.2) is 38.7 Å². The van der Waals surface area contributed by atoms with Gasteiger partial charge in [0.25, 0.3) is 5.91 Å². The van der Waals surface area contributed by atoms with E-state index in [-0.39, 0.29) is 16.5 Å². The van der Waals surface area contributed by atoms with Gasteiger partial charge in [-0.15, -0.1) is 10.2 Å². The Labute approximate surface area is 280 Å². The van der Waals surface area contributed by atoms with E-state index in [9.17, 15) is 14.7 Å². The van der Waals surface area contributed by atoms with E-state index in [4.69, 9.17) is 18.6 Å². The van der Waals surface area contributed by atoms with Gasteiger partial charge in [0.2, 0.25) is 10.9 Å². The number of fused-ring (bicyclic) bond motifs is 1. The fourth-order valence-corrected chi connectivity index (χ4v) is 7.10. The summed E-state index contributed by atoms with van der Waals surface area (Å²) in [5, 5.41) is 20.8. The third-order valence-corrected chi connectivity index (χ3v) is 9.88. The molecule has 0 spiro atoms. The number of benzene rings is 3. The SMILES string of the molecule is CCCCOc1ccc(C2C(C(=O)c3cc4cccc(OC)c4o3)=C(O)C(=O)N2c2nnc(SCc3ccc(C)cc3)s2)cc1OC. The normalized spacial score (nSPS) is 14.7. The zero-order valence-corrected chi connectivity index (χ0v) is 27.9. The first-order valence-electron chi connectivity index (χ1n) is 15.0. The number of Topliss-reactive ketones (excluding diaryl/α,β-unsaturated/α-hetero) is 1. The molecule has 0 aliphatic carbocycles. The van der Waals surface area contributed by atoms with Crippen LogP contribution >= 0.6 is 23.1 Å². The number of anilines is 1. The predicted octanol–water partition coefficient (Wildman–Crippen LogP) is 7.86. The average Bonchev–Trinajstić information content (AvgIpc) is 3.80. The Morgan fingerprint density at radius 1 is 1.02 bits per heavy atom. The maximum Gasteiger partial charge on any atom is 0.296 e. The highest BCUT2D eigenvalue weighted by Gasteiger charge is 2.47. The quantitative estimate of drug-likeness (QED) is 0.0572. The summed E-state index contributed by atoms with van der Waals surface area (Å²) in [6.45, 7) is 4.62. The van der Waals surface area contributed by atoms with Crippen LogP contribution in [0.3, 0.4) is 0 Å². The minimum Gasteiger partial charge on any atom is -0.503 e. The topological polar surface area (TPSA) is 124 Å². The lowest BCUT2D eigenvalue weighted by Crippen LogP contribution is -2.31. The van der Waals surface area contributed by atoms with Gasteiger partial charge in [0.1, 0.15) is 0 Å². The molecule has 1 unspecified atom stereocenters. The highest BCUT2D eigenvalue weighted by Crippen LogP contribution is 2.46. The van der Waals surface area contributed by atoms with Gasteiger partial charge in [-0.25, -0.2) is 0 Å². The number of nitrogens with zero attached hydrogens (tertiary/aromatic N) is 3. The molecule has 3 heterocycles. The van der Waals surface area contributed by atoms with Gasteiger partial charge in [0, 0.05) is 11.1 Å². The molecule has 47 heavy (non-hydrogen) atoms. The molecule has 2 aromatic heterocycles. The van der Waals surface area contributed by atoms with Crippen molar-refractivity contribution in [3.63, 3.8) is 0 Å². The predicted molar refractivity (Wildman–Crippen MR) is 181 cm³/mol. The molecule has 1 amide bonds. The van der Waals surface area contributed by atoms with Crippen LogP contribution in [0.1, 0.15) is 53.1 Å². The number of carbonyl (C=O) groups excluding carboxylic acids is 2. The minimum absolute atomic E-state index is 0.0520. The number of ether oxygens (including phenoxy) is 3. The van der Waals surface area contributed by atoms with Gasteiger partial charge in [-0.05, 0) is 48.7 Å². The molecular formula is C35H33N3O7S2. The van der Waals surface area contributed by atoms with Crippen LogP contribution in [-0.2, 0) is 10.5 Å². The molecule has 0 fully saturated rings. The van der Waals surface area contributed by atoms with Crippen molar-refractivity contribution in [1.29, 1.82) is 0 Å². The zero-order chi connectivity index (χ0) is 33.1. The van der Waals surface area contributed by atoms with Crippen molar-refractivity contribution < 1.29 is 33.3 Å². The molecule has 5 aromatic rings. The second-order valence-electron chi connectivity index (χ2n) is 10.9. The van der Waals surface area contributed by atoms with E-state index < -0.39 is 23.5 Å². The second-order valence-corrected chi connectivity index (χ2v) is 13.1. The van der Waals surface area contributed by atoms with Crippen molar-refractivity contribution in [2.24, 2.45) is 0 Å². The molecule has 0 bridgehead atoms. The van der Waals surface area contributed by atoms with Gasteiger partial charge >= 0.3 is 0 Å². The lowest BCUT2D eigenvalue weighted by atomic mass is 9.95. The minimum atomic E-state index is -1.06. The summed E-state index contributed by atoms with van der Waals surface area (Å²) in [4.78, 5) is 29.3. The summed E-state index contributed by atoms with van der Waals surface area (Å²) in [7, 11) is 3.03. The molecule has 0 saturated carbocycles. The first-order valence-corrected chi connectivity index (χ1v) is 16.8. The fraction of sp³-hybridized carbons (Fsp3) is 0.257. The molecule has 1 aliphatic heterocycles. The maximum absolute atomic E-state index is 14.2. The van der Waals surface area contributed by atoms with Crippen LogP contribution < -0.4 is 19.1 Å². The lowest BCUT2D eigenvalue weighted by Gasteiger charge is -2.24. The third-order valence-electron chi connectivity index (χ3n) is 7.75. The Kier molecular flexibility index (Phi) is 9.50. The number of furan rings is 1. The number of ketones is 1. The summed E-state index contributed by atoms with van der Waals surface area (Å²) in [6, 6.07) is 19.2. The lowest BCUT2D eigenvalue weighted by molar-refractivity contribution is -0.117. The van der Waals surface area contributed by atoms with Gasteiger partial charge in [-0.1, -0.05) is 84.5 Å². The van der Waals surface area contributed by atoms with E-state index in [0.717, 1.165) is 18.4 Å². The van der Waals surface area contributed by atoms with Gasteiger partial charge in [-0.3, -0.25) is 14.5 Å². The number of aliphatic hydroxyl groups excluding tert-OH is 1. The fourth-order valence-electron chi connectivity index (χ4n) is 5.28. The smallest absolute Gasteiger partial charge is 0.296 e. The number of unbranched alkanes of at least 4 members (excludes halogenated alkanes) is 1. The number of rotatable bonds is 13. The summed E-state index contributed by atoms with van der Waals surface area (Å²) in [5.74, 6) is -0.120. The van der Waals surface area contributed by atoms with E-state index in [1.165, 1.54) is 47.8 Å². The summed E-state index contributed by atoms with van der Waals surface area (Å²) in [5.41, 5.74) is 3.02. The highest BCUT2D eigenvalue weighted by atomic mass is 32.2. The number of aromatic nitrogens is 2. The monoisotopic (exact) mass is 671 g/mol. The van der Waals surface area contributed by atoms with E-state index >= 15 is 0 Å². The molecular weight excluding hydrogens is 639 g/mol. The number of amides is 1. The van der Waals surface area contributed by atoms with Crippen molar-refractivity contribution in [2.75, 3.05) is 25.7 Å². The Balaban J connectivity index is 1.39. The Morgan fingerprint density at radius 2 is 1.81 bits per heavy atom. The number of carbonyl (C=O) groups is 2. The van der Waals surface area contributed by atoms with Gasteiger partial charge < -0.3 is 23.7 Å². The van der Waals surface area contributed by atoms with Crippen LogP contribution in [0.2, 0.25) is 0 Å².